The van der Waals surface area contributed by atoms with Gasteiger partial charge in [0, 0.05) is 12.4 Å². The highest BCUT2D eigenvalue weighted by molar-refractivity contribution is 5.18. The Kier molecular flexibility index (Phi) is 2.60. The van der Waals surface area contributed by atoms with Crippen LogP contribution < -0.4 is 11.4 Å². The molecule has 2 aromatic rings. The fourth-order valence-electron chi connectivity index (χ4n) is 1.39. The second kappa shape index (κ2) is 4.06. The maximum absolute atomic E-state index is 11.4. The van der Waals surface area contributed by atoms with Gasteiger partial charge in [-0.15, -0.1) is 0 Å². The van der Waals surface area contributed by atoms with Crippen LogP contribution in [0.15, 0.2) is 53.6 Å². The molecule has 1 aromatic heterocycles. The van der Waals surface area contributed by atoms with E-state index < -0.39 is 6.17 Å². The zero-order valence-corrected chi connectivity index (χ0v) is 8.08. The number of rotatable bonds is 2. The van der Waals surface area contributed by atoms with Crippen molar-refractivity contribution in [3.63, 3.8) is 0 Å². The van der Waals surface area contributed by atoms with Crippen LogP contribution in [0.25, 0.3) is 0 Å². The molecule has 76 valence electrons. The first-order chi connectivity index (χ1) is 7.29. The maximum Gasteiger partial charge on any atom is 0.349 e. The van der Waals surface area contributed by atoms with Crippen molar-refractivity contribution >= 4 is 0 Å². The second-order valence-corrected chi connectivity index (χ2v) is 3.17. The highest BCUT2D eigenvalue weighted by Crippen LogP contribution is 2.09. The van der Waals surface area contributed by atoms with Crippen molar-refractivity contribution in [1.29, 1.82) is 0 Å². The van der Waals surface area contributed by atoms with Gasteiger partial charge in [0.05, 0.1) is 0 Å². The molecule has 1 heterocycles. The molecule has 4 nitrogen and oxygen atoms in total. The number of benzene rings is 1. The molecule has 1 unspecified atom stereocenters. The molecule has 0 amide bonds. The summed E-state index contributed by atoms with van der Waals surface area (Å²) >= 11 is 0. The molecular formula is C11H11N3O. The van der Waals surface area contributed by atoms with Crippen molar-refractivity contribution in [1.82, 2.24) is 9.55 Å². The summed E-state index contributed by atoms with van der Waals surface area (Å²) in [5.41, 5.74) is 6.48. The Morgan fingerprint density at radius 1 is 1.20 bits per heavy atom. The monoisotopic (exact) mass is 201 g/mol. The van der Waals surface area contributed by atoms with Gasteiger partial charge >= 0.3 is 5.69 Å². The third kappa shape index (κ3) is 1.94. The molecule has 0 saturated heterocycles. The Balaban J connectivity index is 2.42. The predicted molar refractivity (Wildman–Crippen MR) is 57.3 cm³/mol. The summed E-state index contributed by atoms with van der Waals surface area (Å²) in [6.45, 7) is 0. The van der Waals surface area contributed by atoms with E-state index in [4.69, 9.17) is 5.73 Å². The maximum atomic E-state index is 11.4. The highest BCUT2D eigenvalue weighted by Gasteiger charge is 2.08. The summed E-state index contributed by atoms with van der Waals surface area (Å²) in [5, 5.41) is 0. The van der Waals surface area contributed by atoms with Crippen molar-refractivity contribution in [2.75, 3.05) is 0 Å². The van der Waals surface area contributed by atoms with E-state index in [1.165, 1.54) is 10.8 Å². The topological polar surface area (TPSA) is 60.9 Å². The molecule has 0 saturated carbocycles. The van der Waals surface area contributed by atoms with Gasteiger partial charge in [-0.05, 0) is 11.6 Å². The van der Waals surface area contributed by atoms with Crippen molar-refractivity contribution in [3.05, 3.63) is 64.8 Å². The Morgan fingerprint density at radius 2 is 1.93 bits per heavy atom. The van der Waals surface area contributed by atoms with E-state index in [2.05, 4.69) is 4.98 Å². The van der Waals surface area contributed by atoms with Gasteiger partial charge < -0.3 is 5.73 Å². The lowest BCUT2D eigenvalue weighted by molar-refractivity contribution is 0.573. The van der Waals surface area contributed by atoms with E-state index in [0.717, 1.165) is 5.56 Å². The van der Waals surface area contributed by atoms with Crippen LogP contribution >= 0.6 is 0 Å². The quantitative estimate of drug-likeness (QED) is 0.779. The SMILES string of the molecule is NC(c1ccccc1)n1cccnc1=O. The van der Waals surface area contributed by atoms with Crippen molar-refractivity contribution in [2.45, 2.75) is 6.17 Å². The van der Waals surface area contributed by atoms with E-state index in [0.29, 0.717) is 0 Å². The summed E-state index contributed by atoms with van der Waals surface area (Å²) < 4.78 is 1.40. The smallest absolute Gasteiger partial charge is 0.307 e. The summed E-state index contributed by atoms with van der Waals surface area (Å²) in [4.78, 5) is 15.1. The first-order valence-corrected chi connectivity index (χ1v) is 4.63. The standard InChI is InChI=1S/C11H11N3O/c12-10(9-5-2-1-3-6-9)14-8-4-7-13-11(14)15/h1-8,10H,12H2. The van der Waals surface area contributed by atoms with Crippen LogP contribution in [0.1, 0.15) is 11.7 Å². The molecule has 0 spiro atoms. The van der Waals surface area contributed by atoms with Crippen LogP contribution in [-0.4, -0.2) is 9.55 Å². The molecule has 0 radical (unpaired) electrons. The van der Waals surface area contributed by atoms with E-state index in [1.807, 2.05) is 30.3 Å². The van der Waals surface area contributed by atoms with Crippen LogP contribution in [0.3, 0.4) is 0 Å². The first-order valence-electron chi connectivity index (χ1n) is 4.63. The Bertz CT molecular complexity index is 492. The largest absolute Gasteiger partial charge is 0.349 e. The third-order valence-corrected chi connectivity index (χ3v) is 2.18. The third-order valence-electron chi connectivity index (χ3n) is 2.18. The van der Waals surface area contributed by atoms with Gasteiger partial charge in [-0.25, -0.2) is 9.78 Å². The van der Waals surface area contributed by atoms with Gasteiger partial charge in [0.25, 0.3) is 0 Å². The molecule has 0 bridgehead atoms. The zero-order valence-electron chi connectivity index (χ0n) is 8.08. The number of nitrogens with zero attached hydrogens (tertiary/aromatic N) is 2. The van der Waals surface area contributed by atoms with E-state index in [9.17, 15) is 4.79 Å². The molecule has 15 heavy (non-hydrogen) atoms. The van der Waals surface area contributed by atoms with E-state index >= 15 is 0 Å². The summed E-state index contributed by atoms with van der Waals surface area (Å²) in [6, 6.07) is 11.1. The van der Waals surface area contributed by atoms with Crippen molar-refractivity contribution < 1.29 is 0 Å². The fourth-order valence-corrected chi connectivity index (χ4v) is 1.39. The van der Waals surface area contributed by atoms with E-state index in [-0.39, 0.29) is 5.69 Å². The van der Waals surface area contributed by atoms with Crippen LogP contribution in [0.4, 0.5) is 0 Å². The van der Waals surface area contributed by atoms with Gasteiger partial charge in [0.2, 0.25) is 0 Å². The molecule has 4 heteroatoms. The van der Waals surface area contributed by atoms with Gasteiger partial charge in [-0.1, -0.05) is 30.3 Å². The van der Waals surface area contributed by atoms with Gasteiger partial charge in [0.1, 0.15) is 6.17 Å². The van der Waals surface area contributed by atoms with Crippen molar-refractivity contribution in [2.24, 2.45) is 5.73 Å². The number of aromatic nitrogens is 2. The lowest BCUT2D eigenvalue weighted by Gasteiger charge is -2.13. The molecule has 1 atom stereocenters. The summed E-state index contributed by atoms with van der Waals surface area (Å²) in [6.07, 6.45) is 2.61. The molecule has 2 N–H and O–H groups in total. The minimum Gasteiger partial charge on any atom is -0.307 e. The number of hydrogen-bond donors (Lipinski definition) is 1. The average molecular weight is 201 g/mol. The lowest BCUT2D eigenvalue weighted by atomic mass is 10.2. The fraction of sp³-hybridized carbons (Fsp3) is 0.0909. The highest BCUT2D eigenvalue weighted by atomic mass is 16.1. The number of nitrogens with two attached hydrogens (primary N) is 1. The van der Waals surface area contributed by atoms with Gasteiger partial charge in [-0.3, -0.25) is 4.57 Å². The first kappa shape index (κ1) is 9.61. The Morgan fingerprint density at radius 3 is 2.60 bits per heavy atom. The minimum atomic E-state index is -0.479. The molecule has 0 fully saturated rings. The summed E-state index contributed by atoms with van der Waals surface area (Å²) in [5.74, 6) is 0. The Labute approximate surface area is 87.0 Å². The van der Waals surface area contributed by atoms with Crippen LogP contribution in [0.5, 0.6) is 0 Å². The lowest BCUT2D eigenvalue weighted by Crippen LogP contribution is -2.31. The molecule has 0 aliphatic carbocycles. The van der Waals surface area contributed by atoms with Gasteiger partial charge in [0.15, 0.2) is 0 Å². The number of hydrogen-bond acceptors (Lipinski definition) is 3. The average Bonchev–Trinajstić information content (AvgIpc) is 2.30. The van der Waals surface area contributed by atoms with Crippen LogP contribution in [-0.2, 0) is 0 Å². The summed E-state index contributed by atoms with van der Waals surface area (Å²) in [7, 11) is 0. The second-order valence-electron chi connectivity index (χ2n) is 3.17. The molecule has 1 aromatic carbocycles. The molecular weight excluding hydrogens is 190 g/mol. The van der Waals surface area contributed by atoms with Crippen LogP contribution in [0.2, 0.25) is 0 Å². The van der Waals surface area contributed by atoms with Crippen LogP contribution in [0, 0.1) is 0 Å². The molecule has 0 aliphatic heterocycles. The zero-order chi connectivity index (χ0) is 10.7. The molecule has 0 aliphatic rings. The van der Waals surface area contributed by atoms with Crippen molar-refractivity contribution in [3.8, 4) is 0 Å². The normalized spacial score (nSPS) is 12.3. The van der Waals surface area contributed by atoms with E-state index in [1.54, 1.807) is 12.3 Å². The Hall–Kier alpha value is -1.94. The molecule has 2 rings (SSSR count). The minimum absolute atomic E-state index is 0.339. The van der Waals surface area contributed by atoms with Gasteiger partial charge in [-0.2, -0.15) is 0 Å². The predicted octanol–water partition coefficient (Wildman–Crippen LogP) is 0.749.